The number of rotatable bonds is 4. The number of hydrogen-bond donors (Lipinski definition) is 1. The minimum absolute atomic E-state index is 0.0590. The number of nitrogens with one attached hydrogen (secondary N) is 1. The smallest absolute Gasteiger partial charge is 0.241 e. The van der Waals surface area contributed by atoms with Crippen molar-refractivity contribution in [2.75, 3.05) is 36.4 Å². The van der Waals surface area contributed by atoms with Gasteiger partial charge in [-0.15, -0.1) is 0 Å². The van der Waals surface area contributed by atoms with Crippen molar-refractivity contribution < 1.29 is 4.79 Å². The van der Waals surface area contributed by atoms with Crippen LogP contribution in [-0.4, -0.2) is 48.0 Å². The van der Waals surface area contributed by atoms with E-state index in [9.17, 15) is 4.79 Å². The highest BCUT2D eigenvalue weighted by Gasteiger charge is 2.26. The minimum atomic E-state index is -0.148. The fraction of sp³-hybridized carbons (Fsp3) is 0.400. The summed E-state index contributed by atoms with van der Waals surface area (Å²) in [4.78, 5) is 21.6. The molecule has 1 aliphatic rings. The van der Waals surface area contributed by atoms with Gasteiger partial charge >= 0.3 is 0 Å². The molecule has 25 heavy (non-hydrogen) atoms. The monoisotopic (exact) mass is 338 g/mol. The molecular weight excluding hydrogens is 312 g/mol. The van der Waals surface area contributed by atoms with Crippen LogP contribution in [0.5, 0.6) is 0 Å². The third-order valence-corrected chi connectivity index (χ3v) is 4.94. The molecule has 3 rings (SSSR count). The lowest BCUT2D eigenvalue weighted by Gasteiger charge is -2.38. The molecule has 5 heteroatoms. The van der Waals surface area contributed by atoms with E-state index in [-0.39, 0.29) is 11.9 Å². The standard InChI is InChI=1S/C20H26N4O/c1-15-7-6-8-16(2)19(15)22-20(25)17(3)23-11-13-24(14-12-23)18-9-4-5-10-21-18/h4-10,17H,11-14H2,1-3H3,(H,22,25)/t17-/m1/s1. The highest BCUT2D eigenvalue weighted by atomic mass is 16.2. The van der Waals surface area contributed by atoms with E-state index in [2.05, 4.69) is 20.1 Å². The molecule has 5 nitrogen and oxygen atoms in total. The second-order valence-electron chi connectivity index (χ2n) is 6.64. The summed E-state index contributed by atoms with van der Waals surface area (Å²) in [5.41, 5.74) is 3.13. The van der Waals surface area contributed by atoms with Crippen molar-refractivity contribution in [2.24, 2.45) is 0 Å². The van der Waals surface area contributed by atoms with E-state index in [1.165, 1.54) is 0 Å². The predicted molar refractivity (Wildman–Crippen MR) is 102 cm³/mol. The average Bonchev–Trinajstić information content (AvgIpc) is 2.65. The maximum atomic E-state index is 12.7. The Kier molecular flexibility index (Phi) is 5.34. The van der Waals surface area contributed by atoms with Gasteiger partial charge in [-0.25, -0.2) is 4.98 Å². The maximum absolute atomic E-state index is 12.7. The number of carbonyl (C=O) groups is 1. The van der Waals surface area contributed by atoms with Gasteiger partial charge in [0.2, 0.25) is 5.91 Å². The summed E-state index contributed by atoms with van der Waals surface area (Å²) < 4.78 is 0. The van der Waals surface area contributed by atoms with Gasteiger partial charge < -0.3 is 10.2 Å². The fourth-order valence-corrected chi connectivity index (χ4v) is 3.28. The Morgan fingerprint density at radius 3 is 2.32 bits per heavy atom. The Bertz CT molecular complexity index is 703. The lowest BCUT2D eigenvalue weighted by Crippen LogP contribution is -2.53. The SMILES string of the molecule is Cc1cccc(C)c1NC(=O)[C@@H](C)N1CCN(c2ccccn2)CC1. The molecule has 1 aromatic heterocycles. The number of amides is 1. The molecule has 132 valence electrons. The molecule has 0 unspecified atom stereocenters. The third-order valence-electron chi connectivity index (χ3n) is 4.94. The molecule has 0 bridgehead atoms. The fourth-order valence-electron chi connectivity index (χ4n) is 3.28. The molecule has 1 atom stereocenters. The van der Waals surface area contributed by atoms with Crippen molar-refractivity contribution in [1.29, 1.82) is 0 Å². The van der Waals surface area contributed by atoms with Gasteiger partial charge in [0.05, 0.1) is 6.04 Å². The number of aryl methyl sites for hydroxylation is 2. The van der Waals surface area contributed by atoms with Crippen LogP contribution in [0, 0.1) is 13.8 Å². The summed E-state index contributed by atoms with van der Waals surface area (Å²) in [7, 11) is 0. The first kappa shape index (κ1) is 17.4. The topological polar surface area (TPSA) is 48.5 Å². The van der Waals surface area contributed by atoms with E-state index >= 15 is 0 Å². The number of nitrogens with zero attached hydrogens (tertiary/aromatic N) is 3. The van der Waals surface area contributed by atoms with Crippen LogP contribution >= 0.6 is 0 Å². The van der Waals surface area contributed by atoms with Gasteiger partial charge in [0.25, 0.3) is 0 Å². The quantitative estimate of drug-likeness (QED) is 0.931. The van der Waals surface area contributed by atoms with Crippen LogP contribution < -0.4 is 10.2 Å². The summed E-state index contributed by atoms with van der Waals surface area (Å²) in [5, 5.41) is 3.11. The summed E-state index contributed by atoms with van der Waals surface area (Å²) in [6, 6.07) is 11.9. The molecule has 1 amide bonds. The summed E-state index contributed by atoms with van der Waals surface area (Å²) in [5.74, 6) is 1.07. The lowest BCUT2D eigenvalue weighted by atomic mass is 10.1. The molecule has 1 N–H and O–H groups in total. The van der Waals surface area contributed by atoms with Gasteiger partial charge in [-0.3, -0.25) is 9.69 Å². The molecule has 0 aliphatic carbocycles. The second-order valence-corrected chi connectivity index (χ2v) is 6.64. The number of piperazine rings is 1. The van der Waals surface area contributed by atoms with Crippen molar-refractivity contribution in [3.8, 4) is 0 Å². The van der Waals surface area contributed by atoms with E-state index in [1.807, 2.05) is 63.4 Å². The van der Waals surface area contributed by atoms with E-state index < -0.39 is 0 Å². The first-order chi connectivity index (χ1) is 12.1. The van der Waals surface area contributed by atoms with Crippen molar-refractivity contribution >= 4 is 17.4 Å². The van der Waals surface area contributed by atoms with Crippen molar-refractivity contribution in [2.45, 2.75) is 26.8 Å². The highest BCUT2D eigenvalue weighted by Crippen LogP contribution is 2.20. The van der Waals surface area contributed by atoms with Crippen molar-refractivity contribution in [3.63, 3.8) is 0 Å². The lowest BCUT2D eigenvalue weighted by molar-refractivity contribution is -0.120. The Morgan fingerprint density at radius 2 is 1.72 bits per heavy atom. The summed E-state index contributed by atoms with van der Waals surface area (Å²) in [6.45, 7) is 9.53. The molecule has 0 spiro atoms. The second kappa shape index (κ2) is 7.66. The first-order valence-corrected chi connectivity index (χ1v) is 8.83. The first-order valence-electron chi connectivity index (χ1n) is 8.83. The molecule has 2 aromatic rings. The highest BCUT2D eigenvalue weighted by molar-refractivity contribution is 5.95. The van der Waals surface area contributed by atoms with Gasteiger partial charge in [0, 0.05) is 38.1 Å². The van der Waals surface area contributed by atoms with E-state index in [1.54, 1.807) is 0 Å². The molecule has 1 aromatic carbocycles. The van der Waals surface area contributed by atoms with E-state index in [0.717, 1.165) is 48.8 Å². The van der Waals surface area contributed by atoms with Crippen LogP contribution in [0.3, 0.4) is 0 Å². The number of aromatic nitrogens is 1. The number of benzene rings is 1. The van der Waals surface area contributed by atoms with Crippen LogP contribution in [0.1, 0.15) is 18.1 Å². The van der Waals surface area contributed by atoms with Gasteiger partial charge in [0.15, 0.2) is 0 Å². The van der Waals surface area contributed by atoms with E-state index in [0.29, 0.717) is 0 Å². The molecule has 2 heterocycles. The molecule has 1 aliphatic heterocycles. The average molecular weight is 338 g/mol. The molecule has 0 radical (unpaired) electrons. The number of anilines is 2. The van der Waals surface area contributed by atoms with Crippen LogP contribution in [0.4, 0.5) is 11.5 Å². The Balaban J connectivity index is 1.59. The zero-order valence-electron chi connectivity index (χ0n) is 15.2. The van der Waals surface area contributed by atoms with Gasteiger partial charge in [-0.05, 0) is 44.0 Å². The zero-order chi connectivity index (χ0) is 17.8. The molecule has 0 saturated carbocycles. The normalized spacial score (nSPS) is 16.5. The third kappa shape index (κ3) is 3.99. The molecule has 1 fully saturated rings. The molecule has 1 saturated heterocycles. The number of hydrogen-bond acceptors (Lipinski definition) is 4. The number of carbonyl (C=O) groups excluding carboxylic acids is 1. The van der Waals surface area contributed by atoms with Crippen molar-refractivity contribution in [3.05, 3.63) is 53.7 Å². The van der Waals surface area contributed by atoms with Gasteiger partial charge in [-0.2, -0.15) is 0 Å². The van der Waals surface area contributed by atoms with Crippen LogP contribution in [0.15, 0.2) is 42.6 Å². The Labute approximate surface area is 149 Å². The summed E-state index contributed by atoms with van der Waals surface area (Å²) >= 11 is 0. The van der Waals surface area contributed by atoms with Gasteiger partial charge in [0.1, 0.15) is 5.82 Å². The van der Waals surface area contributed by atoms with Crippen LogP contribution in [0.2, 0.25) is 0 Å². The minimum Gasteiger partial charge on any atom is -0.354 e. The Morgan fingerprint density at radius 1 is 1.04 bits per heavy atom. The summed E-state index contributed by atoms with van der Waals surface area (Å²) in [6.07, 6.45) is 1.82. The zero-order valence-corrected chi connectivity index (χ0v) is 15.2. The number of pyridine rings is 1. The molecular formula is C20H26N4O. The number of para-hydroxylation sites is 1. The van der Waals surface area contributed by atoms with E-state index in [4.69, 9.17) is 0 Å². The largest absolute Gasteiger partial charge is 0.354 e. The van der Waals surface area contributed by atoms with Crippen LogP contribution in [0.25, 0.3) is 0 Å². The van der Waals surface area contributed by atoms with Crippen molar-refractivity contribution in [1.82, 2.24) is 9.88 Å². The predicted octanol–water partition coefficient (Wildman–Crippen LogP) is 2.85. The van der Waals surface area contributed by atoms with Gasteiger partial charge in [-0.1, -0.05) is 24.3 Å². The Hall–Kier alpha value is -2.40. The van der Waals surface area contributed by atoms with Crippen LogP contribution in [-0.2, 0) is 4.79 Å². The maximum Gasteiger partial charge on any atom is 0.241 e.